The highest BCUT2D eigenvalue weighted by Gasteiger charge is 2.20. The van der Waals surface area contributed by atoms with E-state index in [2.05, 4.69) is 15.6 Å². The van der Waals surface area contributed by atoms with E-state index in [9.17, 15) is 9.59 Å². The number of benzene rings is 1. The fourth-order valence-corrected chi connectivity index (χ4v) is 2.37. The molecule has 2 amide bonds. The van der Waals surface area contributed by atoms with Gasteiger partial charge < -0.3 is 20.1 Å². The molecular formula is C21H25N3O4. The van der Waals surface area contributed by atoms with E-state index in [0.29, 0.717) is 22.6 Å². The van der Waals surface area contributed by atoms with Gasteiger partial charge in [-0.15, -0.1) is 0 Å². The molecule has 0 radical (unpaired) electrons. The summed E-state index contributed by atoms with van der Waals surface area (Å²) < 4.78 is 10.4. The molecule has 0 aliphatic rings. The Morgan fingerprint density at radius 3 is 2.36 bits per heavy atom. The molecule has 1 aromatic heterocycles. The second kappa shape index (κ2) is 9.03. The summed E-state index contributed by atoms with van der Waals surface area (Å²) in [5.74, 6) is 0.0908. The van der Waals surface area contributed by atoms with E-state index in [1.165, 1.54) is 14.2 Å². The first-order chi connectivity index (χ1) is 13.2. The molecule has 0 spiro atoms. The Kier molecular flexibility index (Phi) is 6.76. The predicted molar refractivity (Wildman–Crippen MR) is 107 cm³/mol. The Hall–Kier alpha value is -3.35. The number of pyridine rings is 1. The molecule has 2 N–H and O–H groups in total. The van der Waals surface area contributed by atoms with Gasteiger partial charge in [0.2, 0.25) is 0 Å². The normalized spacial score (nSPS) is 11.5. The van der Waals surface area contributed by atoms with E-state index in [-0.39, 0.29) is 5.70 Å². The summed E-state index contributed by atoms with van der Waals surface area (Å²) in [7, 11) is 3.01. The van der Waals surface area contributed by atoms with Crippen molar-refractivity contribution in [2.45, 2.75) is 26.3 Å². The molecule has 1 aromatic carbocycles. The number of carbonyl (C=O) groups excluding carboxylic acids is 2. The fraction of sp³-hybridized carbons (Fsp3) is 0.286. The van der Waals surface area contributed by atoms with Gasteiger partial charge >= 0.3 is 0 Å². The highest BCUT2D eigenvalue weighted by Crippen LogP contribution is 2.27. The number of rotatable bonds is 6. The number of nitrogens with zero attached hydrogens (tertiary/aromatic N) is 1. The number of nitrogens with one attached hydrogen (secondary N) is 2. The van der Waals surface area contributed by atoms with Crippen molar-refractivity contribution in [3.8, 4) is 11.5 Å². The number of ether oxygens (including phenoxy) is 2. The van der Waals surface area contributed by atoms with Crippen molar-refractivity contribution in [3.05, 3.63) is 59.5 Å². The highest BCUT2D eigenvalue weighted by molar-refractivity contribution is 6.05. The molecule has 7 nitrogen and oxygen atoms in total. The van der Waals surface area contributed by atoms with Crippen LogP contribution in [0.15, 0.2) is 48.4 Å². The van der Waals surface area contributed by atoms with E-state index in [4.69, 9.17) is 9.47 Å². The topological polar surface area (TPSA) is 89.5 Å². The SMILES string of the molecule is COc1ccc(C(=O)NC(=Cc2cccnc2)C(=O)NC(C)(C)C)cc1OC. The van der Waals surface area contributed by atoms with Gasteiger partial charge in [-0.05, 0) is 56.7 Å². The van der Waals surface area contributed by atoms with Crippen molar-refractivity contribution in [1.82, 2.24) is 15.6 Å². The Bertz CT molecular complexity index is 871. The molecule has 0 unspecified atom stereocenters. The van der Waals surface area contributed by atoms with Gasteiger partial charge in [-0.3, -0.25) is 14.6 Å². The van der Waals surface area contributed by atoms with Crippen LogP contribution in [0, 0.1) is 0 Å². The molecule has 0 bridgehead atoms. The third kappa shape index (κ3) is 5.84. The molecule has 0 aliphatic heterocycles. The Morgan fingerprint density at radius 1 is 1.07 bits per heavy atom. The van der Waals surface area contributed by atoms with Crippen molar-refractivity contribution >= 4 is 17.9 Å². The smallest absolute Gasteiger partial charge is 0.268 e. The summed E-state index contributed by atoms with van der Waals surface area (Å²) >= 11 is 0. The molecule has 0 fully saturated rings. The van der Waals surface area contributed by atoms with E-state index < -0.39 is 17.4 Å². The number of methoxy groups -OCH3 is 2. The van der Waals surface area contributed by atoms with Crippen molar-refractivity contribution in [3.63, 3.8) is 0 Å². The van der Waals surface area contributed by atoms with Crippen molar-refractivity contribution < 1.29 is 19.1 Å². The Labute approximate surface area is 164 Å². The van der Waals surface area contributed by atoms with Gasteiger partial charge in [0.15, 0.2) is 11.5 Å². The zero-order valence-electron chi connectivity index (χ0n) is 16.7. The minimum absolute atomic E-state index is 0.114. The lowest BCUT2D eigenvalue weighted by molar-refractivity contribution is -0.119. The third-order valence-electron chi connectivity index (χ3n) is 3.62. The molecule has 0 saturated heterocycles. The van der Waals surface area contributed by atoms with E-state index in [0.717, 1.165) is 0 Å². The fourth-order valence-electron chi connectivity index (χ4n) is 2.37. The minimum atomic E-state index is -0.459. The average Bonchev–Trinajstić information content (AvgIpc) is 2.66. The molecule has 2 aromatic rings. The monoisotopic (exact) mass is 383 g/mol. The summed E-state index contributed by atoms with van der Waals surface area (Å²) in [6.45, 7) is 5.59. The zero-order valence-corrected chi connectivity index (χ0v) is 16.7. The molecule has 0 saturated carbocycles. The first-order valence-electron chi connectivity index (χ1n) is 8.71. The maximum Gasteiger partial charge on any atom is 0.268 e. The molecule has 28 heavy (non-hydrogen) atoms. The second-order valence-corrected chi connectivity index (χ2v) is 7.07. The molecule has 7 heteroatoms. The van der Waals surface area contributed by atoms with Gasteiger partial charge in [0.1, 0.15) is 5.70 Å². The lowest BCUT2D eigenvalue weighted by Gasteiger charge is -2.22. The first-order valence-corrected chi connectivity index (χ1v) is 8.71. The van der Waals surface area contributed by atoms with Crippen LogP contribution >= 0.6 is 0 Å². The molecule has 148 valence electrons. The quantitative estimate of drug-likeness (QED) is 0.749. The number of carbonyl (C=O) groups is 2. The summed E-state index contributed by atoms with van der Waals surface area (Å²) in [4.78, 5) is 29.5. The van der Waals surface area contributed by atoms with Crippen LogP contribution in [0.2, 0.25) is 0 Å². The molecule has 0 aliphatic carbocycles. The van der Waals surface area contributed by atoms with Gasteiger partial charge in [-0.25, -0.2) is 0 Å². The summed E-state index contributed by atoms with van der Waals surface area (Å²) in [6, 6.07) is 8.33. The van der Waals surface area contributed by atoms with E-state index >= 15 is 0 Å². The van der Waals surface area contributed by atoms with Gasteiger partial charge in [0.05, 0.1) is 14.2 Å². The van der Waals surface area contributed by atoms with Crippen LogP contribution in [0.5, 0.6) is 11.5 Å². The lowest BCUT2D eigenvalue weighted by Crippen LogP contribution is -2.44. The average molecular weight is 383 g/mol. The Balaban J connectivity index is 2.33. The van der Waals surface area contributed by atoms with Crippen molar-refractivity contribution in [2.24, 2.45) is 0 Å². The van der Waals surface area contributed by atoms with Crippen molar-refractivity contribution in [1.29, 1.82) is 0 Å². The maximum absolute atomic E-state index is 12.7. The van der Waals surface area contributed by atoms with Crippen LogP contribution < -0.4 is 20.1 Å². The number of hydrogen-bond acceptors (Lipinski definition) is 5. The number of aromatic nitrogens is 1. The van der Waals surface area contributed by atoms with E-state index in [1.54, 1.807) is 48.8 Å². The minimum Gasteiger partial charge on any atom is -0.493 e. The van der Waals surface area contributed by atoms with Gasteiger partial charge in [0, 0.05) is 23.5 Å². The van der Waals surface area contributed by atoms with Crippen LogP contribution in [-0.2, 0) is 4.79 Å². The van der Waals surface area contributed by atoms with E-state index in [1.807, 2.05) is 20.8 Å². The van der Waals surface area contributed by atoms with Gasteiger partial charge in [-0.1, -0.05) is 6.07 Å². The van der Waals surface area contributed by atoms with Gasteiger partial charge in [-0.2, -0.15) is 0 Å². The molecular weight excluding hydrogens is 358 g/mol. The van der Waals surface area contributed by atoms with Crippen LogP contribution in [-0.4, -0.2) is 36.6 Å². The predicted octanol–water partition coefficient (Wildman–Crippen LogP) is 2.78. The highest BCUT2D eigenvalue weighted by atomic mass is 16.5. The van der Waals surface area contributed by atoms with Gasteiger partial charge in [0.25, 0.3) is 11.8 Å². The molecule has 2 rings (SSSR count). The van der Waals surface area contributed by atoms with Crippen LogP contribution in [0.4, 0.5) is 0 Å². The number of hydrogen-bond donors (Lipinski definition) is 2. The molecule has 0 atom stereocenters. The second-order valence-electron chi connectivity index (χ2n) is 7.07. The van der Waals surface area contributed by atoms with Crippen LogP contribution in [0.1, 0.15) is 36.7 Å². The van der Waals surface area contributed by atoms with Crippen LogP contribution in [0.3, 0.4) is 0 Å². The third-order valence-corrected chi connectivity index (χ3v) is 3.62. The zero-order chi connectivity index (χ0) is 20.7. The summed E-state index contributed by atoms with van der Waals surface area (Å²) in [5.41, 5.74) is 0.675. The Morgan fingerprint density at radius 2 is 1.79 bits per heavy atom. The molecule has 1 heterocycles. The standard InChI is InChI=1S/C21H25N3O4/c1-21(2,3)24-20(26)16(11-14-7-6-10-22-13-14)23-19(25)15-8-9-17(27-4)18(12-15)28-5/h6-13H,1-5H3,(H,23,25)(H,24,26). The number of amides is 2. The maximum atomic E-state index is 12.7. The lowest BCUT2D eigenvalue weighted by atomic mass is 10.1. The van der Waals surface area contributed by atoms with Crippen molar-refractivity contribution in [2.75, 3.05) is 14.2 Å². The summed E-state index contributed by atoms with van der Waals surface area (Å²) in [6.07, 6.45) is 4.81. The summed E-state index contributed by atoms with van der Waals surface area (Å²) in [5, 5.41) is 5.53. The largest absolute Gasteiger partial charge is 0.493 e. The van der Waals surface area contributed by atoms with Crippen LogP contribution in [0.25, 0.3) is 6.08 Å². The first kappa shape index (κ1) is 21.0.